The van der Waals surface area contributed by atoms with Crippen molar-refractivity contribution in [2.24, 2.45) is 10.9 Å². The van der Waals surface area contributed by atoms with Gasteiger partial charge in [0.25, 0.3) is 0 Å². The number of carbonyl (C=O) groups excluding carboxylic acids is 1. The lowest BCUT2D eigenvalue weighted by Crippen LogP contribution is -2.46. The fourth-order valence-electron chi connectivity index (χ4n) is 4.00. The Kier molecular flexibility index (Phi) is 8.12. The zero-order valence-electron chi connectivity index (χ0n) is 17.1. The highest BCUT2D eigenvalue weighted by atomic mass is 127. The van der Waals surface area contributed by atoms with Crippen LogP contribution in [0.3, 0.4) is 0 Å². The third-order valence-corrected chi connectivity index (χ3v) is 5.50. The Balaban J connectivity index is 0.00000280. The van der Waals surface area contributed by atoms with E-state index in [2.05, 4.69) is 21.7 Å². The number of nitrogens with one attached hydrogen (secondary N) is 2. The zero-order valence-corrected chi connectivity index (χ0v) is 19.4. The standard InChI is InChI=1S/C21H32N4O2.HI/c1-4-22-20(24-17-10-12-25(13-17)19(26)15(2)3)23-14-21(27)11-9-16-7-5-6-8-18(16)21;/h5-8,15,17,27H,4,9-14H2,1-3H3,(H2,22,23,24);1H. The summed E-state index contributed by atoms with van der Waals surface area (Å²) in [6, 6.07) is 8.27. The van der Waals surface area contributed by atoms with E-state index >= 15 is 0 Å². The van der Waals surface area contributed by atoms with Crippen molar-refractivity contribution >= 4 is 35.8 Å². The number of amides is 1. The van der Waals surface area contributed by atoms with Crippen molar-refractivity contribution in [2.75, 3.05) is 26.2 Å². The summed E-state index contributed by atoms with van der Waals surface area (Å²) in [7, 11) is 0. The molecule has 6 nitrogen and oxygen atoms in total. The quantitative estimate of drug-likeness (QED) is 0.330. The van der Waals surface area contributed by atoms with Gasteiger partial charge in [-0.05, 0) is 37.3 Å². The molecule has 3 N–H and O–H groups in total. The van der Waals surface area contributed by atoms with Crippen molar-refractivity contribution < 1.29 is 9.90 Å². The number of hydrogen-bond donors (Lipinski definition) is 3. The number of rotatable bonds is 5. The molecule has 1 aliphatic carbocycles. The van der Waals surface area contributed by atoms with Gasteiger partial charge in [0.15, 0.2) is 5.96 Å². The predicted octanol–water partition coefficient (Wildman–Crippen LogP) is 2.25. The molecule has 0 saturated carbocycles. The summed E-state index contributed by atoms with van der Waals surface area (Å²) < 4.78 is 0. The van der Waals surface area contributed by atoms with Gasteiger partial charge >= 0.3 is 0 Å². The van der Waals surface area contributed by atoms with Gasteiger partial charge in [0.2, 0.25) is 5.91 Å². The molecule has 1 aromatic carbocycles. The van der Waals surface area contributed by atoms with Crippen LogP contribution in [-0.4, -0.2) is 54.1 Å². The number of fused-ring (bicyclic) bond motifs is 1. The maximum Gasteiger partial charge on any atom is 0.225 e. The number of aliphatic hydroxyl groups is 1. The average molecular weight is 500 g/mol. The van der Waals surface area contributed by atoms with Gasteiger partial charge in [0.05, 0.1) is 6.54 Å². The van der Waals surface area contributed by atoms with Crippen LogP contribution >= 0.6 is 24.0 Å². The van der Waals surface area contributed by atoms with E-state index in [0.29, 0.717) is 25.5 Å². The number of guanidine groups is 1. The molecule has 0 spiro atoms. The Morgan fingerprint density at radius 1 is 1.39 bits per heavy atom. The fourth-order valence-corrected chi connectivity index (χ4v) is 4.00. The highest BCUT2D eigenvalue weighted by molar-refractivity contribution is 14.0. The molecular formula is C21H33IN4O2. The van der Waals surface area contributed by atoms with E-state index in [1.54, 1.807) is 0 Å². The molecule has 156 valence electrons. The molecule has 0 radical (unpaired) electrons. The number of likely N-dealkylation sites (tertiary alicyclic amines) is 1. The summed E-state index contributed by atoms with van der Waals surface area (Å²) in [5.74, 6) is 0.944. The molecule has 1 fully saturated rings. The number of halogens is 1. The van der Waals surface area contributed by atoms with E-state index in [0.717, 1.165) is 31.5 Å². The first-order valence-corrected chi connectivity index (χ1v) is 10.1. The molecule has 7 heteroatoms. The summed E-state index contributed by atoms with van der Waals surface area (Å²) in [6.45, 7) is 8.48. The zero-order chi connectivity index (χ0) is 19.4. The number of nitrogens with zero attached hydrogens (tertiary/aromatic N) is 2. The third kappa shape index (κ3) is 5.17. The predicted molar refractivity (Wildman–Crippen MR) is 123 cm³/mol. The van der Waals surface area contributed by atoms with Crippen LogP contribution in [0.1, 0.15) is 44.7 Å². The van der Waals surface area contributed by atoms with E-state index in [4.69, 9.17) is 0 Å². The van der Waals surface area contributed by atoms with Gasteiger partial charge in [-0.3, -0.25) is 4.79 Å². The first-order chi connectivity index (χ1) is 12.9. The lowest BCUT2D eigenvalue weighted by atomic mass is 9.96. The van der Waals surface area contributed by atoms with Crippen molar-refractivity contribution in [3.8, 4) is 0 Å². The van der Waals surface area contributed by atoms with Gasteiger partial charge in [-0.1, -0.05) is 38.1 Å². The molecule has 2 unspecified atom stereocenters. The second kappa shape index (κ2) is 9.91. The number of benzene rings is 1. The topological polar surface area (TPSA) is 77.0 Å². The minimum Gasteiger partial charge on any atom is -0.383 e. The summed E-state index contributed by atoms with van der Waals surface area (Å²) >= 11 is 0. The molecule has 2 aliphatic rings. The van der Waals surface area contributed by atoms with Gasteiger partial charge in [-0.15, -0.1) is 24.0 Å². The summed E-state index contributed by atoms with van der Waals surface area (Å²) in [5, 5.41) is 17.8. The van der Waals surface area contributed by atoms with E-state index in [9.17, 15) is 9.90 Å². The highest BCUT2D eigenvalue weighted by Gasteiger charge is 2.36. The second-order valence-corrected chi connectivity index (χ2v) is 7.95. The maximum atomic E-state index is 12.2. The highest BCUT2D eigenvalue weighted by Crippen LogP contribution is 2.36. The Labute approximate surface area is 185 Å². The summed E-state index contributed by atoms with van der Waals surface area (Å²) in [5.41, 5.74) is 1.32. The third-order valence-electron chi connectivity index (χ3n) is 5.50. The van der Waals surface area contributed by atoms with Crippen LogP contribution in [0.15, 0.2) is 29.3 Å². The molecule has 1 amide bonds. The number of aryl methyl sites for hydroxylation is 1. The number of aliphatic imine (C=N–C) groups is 1. The average Bonchev–Trinajstić information content (AvgIpc) is 3.25. The van der Waals surface area contributed by atoms with Crippen molar-refractivity contribution in [3.63, 3.8) is 0 Å². The molecule has 2 atom stereocenters. The van der Waals surface area contributed by atoms with E-state index < -0.39 is 5.60 Å². The van der Waals surface area contributed by atoms with Gasteiger partial charge in [-0.2, -0.15) is 0 Å². The van der Waals surface area contributed by atoms with Crippen LogP contribution in [0.5, 0.6) is 0 Å². The number of hydrogen-bond acceptors (Lipinski definition) is 3. The van der Waals surface area contributed by atoms with E-state index in [-0.39, 0.29) is 41.8 Å². The lowest BCUT2D eigenvalue weighted by Gasteiger charge is -2.24. The molecule has 1 aromatic rings. The molecule has 3 rings (SSSR count). The van der Waals surface area contributed by atoms with E-state index in [1.165, 1.54) is 5.56 Å². The minimum absolute atomic E-state index is 0. The van der Waals surface area contributed by atoms with Crippen LogP contribution in [0.25, 0.3) is 0 Å². The largest absolute Gasteiger partial charge is 0.383 e. The van der Waals surface area contributed by atoms with E-state index in [1.807, 2.05) is 43.9 Å². The van der Waals surface area contributed by atoms with Crippen molar-refractivity contribution in [2.45, 2.75) is 51.7 Å². The van der Waals surface area contributed by atoms with Crippen LogP contribution in [0.2, 0.25) is 0 Å². The van der Waals surface area contributed by atoms with Crippen molar-refractivity contribution in [1.82, 2.24) is 15.5 Å². The van der Waals surface area contributed by atoms with Crippen LogP contribution in [-0.2, 0) is 16.8 Å². The van der Waals surface area contributed by atoms with Crippen molar-refractivity contribution in [3.05, 3.63) is 35.4 Å². The first-order valence-electron chi connectivity index (χ1n) is 10.1. The van der Waals surface area contributed by atoms with Crippen LogP contribution < -0.4 is 10.6 Å². The van der Waals surface area contributed by atoms with Gasteiger partial charge in [-0.25, -0.2) is 4.99 Å². The summed E-state index contributed by atoms with van der Waals surface area (Å²) in [4.78, 5) is 18.8. The van der Waals surface area contributed by atoms with Gasteiger partial charge in [0, 0.05) is 31.6 Å². The normalized spacial score (nSPS) is 24.1. The molecule has 28 heavy (non-hydrogen) atoms. The maximum absolute atomic E-state index is 12.2. The van der Waals surface area contributed by atoms with Gasteiger partial charge in [0.1, 0.15) is 5.60 Å². The fraction of sp³-hybridized carbons (Fsp3) is 0.619. The Bertz CT molecular complexity index is 709. The molecule has 1 aliphatic heterocycles. The second-order valence-electron chi connectivity index (χ2n) is 7.95. The number of carbonyl (C=O) groups is 1. The molecule has 0 aromatic heterocycles. The van der Waals surface area contributed by atoms with Crippen LogP contribution in [0.4, 0.5) is 0 Å². The molecular weight excluding hydrogens is 467 g/mol. The SMILES string of the molecule is CCNC(=NCC1(O)CCc2ccccc21)NC1CCN(C(=O)C(C)C)C1.I. The van der Waals surface area contributed by atoms with Gasteiger partial charge < -0.3 is 20.6 Å². The lowest BCUT2D eigenvalue weighted by molar-refractivity contribution is -0.133. The summed E-state index contributed by atoms with van der Waals surface area (Å²) in [6.07, 6.45) is 2.51. The first kappa shape index (κ1) is 22.9. The van der Waals surface area contributed by atoms with Crippen LogP contribution in [0, 0.1) is 5.92 Å². The van der Waals surface area contributed by atoms with Crippen molar-refractivity contribution in [1.29, 1.82) is 0 Å². The smallest absolute Gasteiger partial charge is 0.225 e. The Morgan fingerprint density at radius 2 is 2.14 bits per heavy atom. The molecule has 1 heterocycles. The minimum atomic E-state index is -0.895. The Hall–Kier alpha value is -1.35. The monoisotopic (exact) mass is 500 g/mol. The Morgan fingerprint density at radius 3 is 2.86 bits per heavy atom. The molecule has 1 saturated heterocycles. The molecule has 0 bridgehead atoms.